The van der Waals surface area contributed by atoms with Crippen LogP contribution in [0, 0.1) is 11.3 Å². The Bertz CT molecular complexity index is 532. The van der Waals surface area contributed by atoms with Crippen molar-refractivity contribution in [2.24, 2.45) is 0 Å². The molecule has 0 amide bonds. The summed E-state index contributed by atoms with van der Waals surface area (Å²) in [5.74, 6) is -1.38. The van der Waals surface area contributed by atoms with E-state index >= 15 is 0 Å². The quantitative estimate of drug-likeness (QED) is 0.794. The van der Waals surface area contributed by atoms with Crippen molar-refractivity contribution in [2.75, 3.05) is 13.7 Å². The van der Waals surface area contributed by atoms with Crippen molar-refractivity contribution < 1.29 is 27.4 Å². The van der Waals surface area contributed by atoms with Gasteiger partial charge in [-0.25, -0.2) is 4.79 Å². The number of halogens is 3. The Balaban J connectivity index is 3.58. The maximum absolute atomic E-state index is 13.0. The summed E-state index contributed by atoms with van der Waals surface area (Å²) in [5.41, 5.74) is -2.78. The zero-order chi connectivity index (χ0) is 14.6. The van der Waals surface area contributed by atoms with Crippen molar-refractivity contribution in [1.29, 1.82) is 5.26 Å². The lowest BCUT2D eigenvalue weighted by Gasteiger charge is -2.15. The van der Waals surface area contributed by atoms with Gasteiger partial charge in [0.25, 0.3) is 0 Å². The van der Waals surface area contributed by atoms with Crippen LogP contribution in [0.1, 0.15) is 28.4 Å². The summed E-state index contributed by atoms with van der Waals surface area (Å²) >= 11 is 0. The molecule has 1 aromatic rings. The van der Waals surface area contributed by atoms with Crippen LogP contribution in [0.25, 0.3) is 0 Å². The summed E-state index contributed by atoms with van der Waals surface area (Å²) in [6.07, 6.45) is -4.86. The standard InChI is InChI=1S/C12H10F3NO3/c1-3-19-11(17)7-4-5-9(18-2)8(6-16)10(7)12(13,14)15/h4-5H,3H2,1-2H3. The topological polar surface area (TPSA) is 59.3 Å². The second kappa shape index (κ2) is 5.61. The Labute approximate surface area is 107 Å². The predicted molar refractivity (Wildman–Crippen MR) is 58.7 cm³/mol. The van der Waals surface area contributed by atoms with Gasteiger partial charge in [0, 0.05) is 0 Å². The summed E-state index contributed by atoms with van der Waals surface area (Å²) in [5, 5.41) is 8.85. The first-order valence-corrected chi connectivity index (χ1v) is 5.22. The summed E-state index contributed by atoms with van der Waals surface area (Å²) in [6.45, 7) is 1.41. The Morgan fingerprint density at radius 2 is 2.05 bits per heavy atom. The number of carbonyl (C=O) groups excluding carboxylic acids is 1. The zero-order valence-corrected chi connectivity index (χ0v) is 10.2. The monoisotopic (exact) mass is 273 g/mol. The molecule has 0 bridgehead atoms. The normalized spacial score (nSPS) is 10.7. The molecular formula is C12H10F3NO3. The highest BCUT2D eigenvalue weighted by atomic mass is 19.4. The number of nitrogens with zero attached hydrogens (tertiary/aromatic N) is 1. The molecule has 0 atom stereocenters. The van der Waals surface area contributed by atoms with Crippen LogP contribution in [0.4, 0.5) is 13.2 Å². The van der Waals surface area contributed by atoms with Crippen molar-refractivity contribution in [2.45, 2.75) is 13.1 Å². The van der Waals surface area contributed by atoms with E-state index < -0.39 is 28.8 Å². The number of esters is 1. The van der Waals surface area contributed by atoms with E-state index in [9.17, 15) is 18.0 Å². The highest BCUT2D eigenvalue weighted by Crippen LogP contribution is 2.38. The van der Waals surface area contributed by atoms with E-state index in [1.54, 1.807) is 0 Å². The Morgan fingerprint density at radius 3 is 2.47 bits per heavy atom. The molecular weight excluding hydrogens is 263 g/mol. The van der Waals surface area contributed by atoms with E-state index in [0.29, 0.717) is 0 Å². The number of rotatable bonds is 3. The van der Waals surface area contributed by atoms with Gasteiger partial charge in [0.05, 0.1) is 24.8 Å². The molecule has 7 heteroatoms. The first kappa shape index (κ1) is 14.8. The second-order valence-electron chi connectivity index (χ2n) is 3.40. The molecule has 0 spiro atoms. The fourth-order valence-corrected chi connectivity index (χ4v) is 1.54. The summed E-state index contributed by atoms with van der Waals surface area (Å²) in [4.78, 5) is 11.5. The number of hydrogen-bond donors (Lipinski definition) is 0. The van der Waals surface area contributed by atoms with Crippen LogP contribution < -0.4 is 4.74 Å². The minimum absolute atomic E-state index is 0.0654. The lowest BCUT2D eigenvalue weighted by molar-refractivity contribution is -0.138. The first-order valence-electron chi connectivity index (χ1n) is 5.22. The van der Waals surface area contributed by atoms with Crippen LogP contribution in [-0.4, -0.2) is 19.7 Å². The molecule has 0 fully saturated rings. The highest BCUT2D eigenvalue weighted by molar-refractivity contribution is 5.92. The van der Waals surface area contributed by atoms with Gasteiger partial charge in [-0.1, -0.05) is 0 Å². The molecule has 0 radical (unpaired) electrons. The van der Waals surface area contributed by atoms with Crippen molar-refractivity contribution in [3.05, 3.63) is 28.8 Å². The third-order valence-electron chi connectivity index (χ3n) is 2.28. The van der Waals surface area contributed by atoms with Crippen LogP contribution in [0.3, 0.4) is 0 Å². The molecule has 4 nitrogen and oxygen atoms in total. The minimum Gasteiger partial charge on any atom is -0.495 e. The third kappa shape index (κ3) is 2.96. The van der Waals surface area contributed by atoms with Crippen LogP contribution >= 0.6 is 0 Å². The number of ether oxygens (including phenoxy) is 2. The van der Waals surface area contributed by atoms with Gasteiger partial charge >= 0.3 is 12.1 Å². The summed E-state index contributed by atoms with van der Waals surface area (Å²) in [6, 6.07) is 3.46. The van der Waals surface area contributed by atoms with Gasteiger partial charge in [-0.2, -0.15) is 18.4 Å². The predicted octanol–water partition coefficient (Wildman–Crippen LogP) is 2.76. The lowest BCUT2D eigenvalue weighted by Crippen LogP contribution is -2.17. The SMILES string of the molecule is CCOC(=O)c1ccc(OC)c(C#N)c1C(F)(F)F. The van der Waals surface area contributed by atoms with E-state index in [0.717, 1.165) is 19.2 Å². The van der Waals surface area contributed by atoms with Gasteiger partial charge in [-0.15, -0.1) is 0 Å². The van der Waals surface area contributed by atoms with Crippen molar-refractivity contribution in [3.8, 4) is 11.8 Å². The maximum Gasteiger partial charge on any atom is 0.418 e. The molecule has 0 unspecified atom stereocenters. The molecule has 0 aliphatic rings. The van der Waals surface area contributed by atoms with E-state index in [1.807, 2.05) is 0 Å². The fourth-order valence-electron chi connectivity index (χ4n) is 1.54. The molecule has 0 N–H and O–H groups in total. The first-order chi connectivity index (χ1) is 8.86. The fraction of sp³-hybridized carbons (Fsp3) is 0.333. The Hall–Kier alpha value is -2.23. The van der Waals surface area contributed by atoms with E-state index in [4.69, 9.17) is 10.00 Å². The molecule has 19 heavy (non-hydrogen) atoms. The minimum atomic E-state index is -4.86. The van der Waals surface area contributed by atoms with Gasteiger partial charge in [-0.3, -0.25) is 0 Å². The molecule has 0 saturated heterocycles. The second-order valence-corrected chi connectivity index (χ2v) is 3.40. The lowest BCUT2D eigenvalue weighted by atomic mass is 10.00. The van der Waals surface area contributed by atoms with Crippen molar-refractivity contribution in [1.82, 2.24) is 0 Å². The van der Waals surface area contributed by atoms with E-state index in [1.165, 1.54) is 13.0 Å². The molecule has 0 aromatic heterocycles. The number of alkyl halides is 3. The van der Waals surface area contributed by atoms with Crippen LogP contribution in [0.5, 0.6) is 5.75 Å². The highest BCUT2D eigenvalue weighted by Gasteiger charge is 2.40. The third-order valence-corrected chi connectivity index (χ3v) is 2.28. The van der Waals surface area contributed by atoms with Gasteiger partial charge < -0.3 is 9.47 Å². The number of carbonyl (C=O) groups is 1. The summed E-state index contributed by atoms with van der Waals surface area (Å²) in [7, 11) is 1.14. The molecule has 0 heterocycles. The Morgan fingerprint density at radius 1 is 1.42 bits per heavy atom. The van der Waals surface area contributed by atoms with E-state index in [-0.39, 0.29) is 12.4 Å². The molecule has 1 aromatic carbocycles. The zero-order valence-electron chi connectivity index (χ0n) is 10.2. The van der Waals surface area contributed by atoms with Gasteiger partial charge in [0.15, 0.2) is 0 Å². The number of benzene rings is 1. The average Bonchev–Trinajstić information content (AvgIpc) is 2.35. The van der Waals surface area contributed by atoms with Crippen LogP contribution in [0.15, 0.2) is 12.1 Å². The molecule has 1 rings (SSSR count). The molecule has 0 aliphatic carbocycles. The average molecular weight is 273 g/mol. The molecule has 0 saturated carbocycles. The Kier molecular flexibility index (Phi) is 4.38. The summed E-state index contributed by atoms with van der Waals surface area (Å²) < 4.78 is 48.2. The van der Waals surface area contributed by atoms with Gasteiger partial charge in [0.2, 0.25) is 0 Å². The van der Waals surface area contributed by atoms with Gasteiger partial charge in [0.1, 0.15) is 17.4 Å². The molecule has 102 valence electrons. The largest absolute Gasteiger partial charge is 0.495 e. The maximum atomic E-state index is 13.0. The van der Waals surface area contributed by atoms with Gasteiger partial charge in [-0.05, 0) is 19.1 Å². The van der Waals surface area contributed by atoms with Crippen LogP contribution in [0.2, 0.25) is 0 Å². The number of nitriles is 1. The number of methoxy groups -OCH3 is 1. The van der Waals surface area contributed by atoms with E-state index in [2.05, 4.69) is 4.74 Å². The smallest absolute Gasteiger partial charge is 0.418 e. The van der Waals surface area contributed by atoms with Crippen LogP contribution in [-0.2, 0) is 10.9 Å². The number of hydrogen-bond acceptors (Lipinski definition) is 4. The van der Waals surface area contributed by atoms with Crippen molar-refractivity contribution >= 4 is 5.97 Å². The van der Waals surface area contributed by atoms with Crippen molar-refractivity contribution in [3.63, 3.8) is 0 Å². The molecule has 0 aliphatic heterocycles.